The first kappa shape index (κ1) is 13.6. The molecule has 0 N–H and O–H groups in total. The molecule has 0 saturated heterocycles. The lowest BCUT2D eigenvalue weighted by Crippen LogP contribution is -2.14. The Morgan fingerprint density at radius 2 is 1.79 bits per heavy atom. The van der Waals surface area contributed by atoms with Gasteiger partial charge in [-0.3, -0.25) is 10.1 Å². The van der Waals surface area contributed by atoms with Gasteiger partial charge in [0.05, 0.1) is 5.92 Å². The second-order valence-electron chi connectivity index (χ2n) is 4.50. The van der Waals surface area contributed by atoms with E-state index in [-0.39, 0.29) is 17.4 Å². The van der Waals surface area contributed by atoms with Crippen LogP contribution in [0.2, 0.25) is 5.02 Å². The molecule has 0 fully saturated rings. The number of hydrogen-bond acceptors (Lipinski definition) is 2. The van der Waals surface area contributed by atoms with E-state index in [0.717, 1.165) is 16.7 Å². The van der Waals surface area contributed by atoms with Crippen LogP contribution in [0.15, 0.2) is 48.5 Å². The van der Waals surface area contributed by atoms with Crippen molar-refractivity contribution in [1.82, 2.24) is 0 Å². The zero-order valence-electron chi connectivity index (χ0n) is 10.5. The predicted molar refractivity (Wildman–Crippen MR) is 76.3 cm³/mol. The number of rotatable bonds is 4. The van der Waals surface area contributed by atoms with Gasteiger partial charge in [0.1, 0.15) is 0 Å². The molecule has 4 heteroatoms. The molecule has 0 aliphatic rings. The fourth-order valence-electron chi connectivity index (χ4n) is 2.09. The summed E-state index contributed by atoms with van der Waals surface area (Å²) in [5.74, 6) is -0.315. The summed E-state index contributed by atoms with van der Waals surface area (Å²) >= 11 is 6.16. The van der Waals surface area contributed by atoms with Gasteiger partial charge in [0.15, 0.2) is 0 Å². The molecule has 0 amide bonds. The van der Waals surface area contributed by atoms with Crippen molar-refractivity contribution in [3.63, 3.8) is 0 Å². The smallest absolute Gasteiger partial charge is 0.214 e. The van der Waals surface area contributed by atoms with E-state index in [4.69, 9.17) is 11.6 Å². The Morgan fingerprint density at radius 3 is 2.37 bits per heavy atom. The maximum Gasteiger partial charge on any atom is 0.214 e. The first-order valence-electron chi connectivity index (χ1n) is 6.00. The summed E-state index contributed by atoms with van der Waals surface area (Å²) in [6.45, 7) is 1.83. The highest BCUT2D eigenvalue weighted by Gasteiger charge is 2.22. The number of nitro groups is 1. The summed E-state index contributed by atoms with van der Waals surface area (Å²) in [7, 11) is 0. The maximum atomic E-state index is 10.9. The number of nitrogens with zero attached hydrogens (tertiary/aromatic N) is 1. The van der Waals surface area contributed by atoms with Crippen molar-refractivity contribution in [3.8, 4) is 0 Å². The van der Waals surface area contributed by atoms with E-state index in [9.17, 15) is 10.1 Å². The van der Waals surface area contributed by atoms with Crippen molar-refractivity contribution in [3.05, 3.63) is 80.4 Å². The minimum absolute atomic E-state index is 0.160. The third kappa shape index (κ3) is 3.32. The number of benzene rings is 2. The van der Waals surface area contributed by atoms with E-state index in [0.29, 0.717) is 5.02 Å². The van der Waals surface area contributed by atoms with Gasteiger partial charge in [0.2, 0.25) is 6.54 Å². The van der Waals surface area contributed by atoms with Gasteiger partial charge in [0.25, 0.3) is 0 Å². The van der Waals surface area contributed by atoms with Crippen LogP contribution >= 0.6 is 11.6 Å². The number of aryl methyl sites for hydroxylation is 1. The Hall–Kier alpha value is -1.87. The highest BCUT2D eigenvalue weighted by Crippen LogP contribution is 2.30. The summed E-state index contributed by atoms with van der Waals surface area (Å²) in [5, 5.41) is 11.5. The van der Waals surface area contributed by atoms with Gasteiger partial charge in [0, 0.05) is 9.95 Å². The minimum Gasteiger partial charge on any atom is -0.265 e. The van der Waals surface area contributed by atoms with Crippen molar-refractivity contribution < 1.29 is 4.92 Å². The molecule has 0 radical (unpaired) electrons. The molecular weight excluding hydrogens is 262 g/mol. The summed E-state index contributed by atoms with van der Waals surface area (Å²) in [6, 6.07) is 15.0. The van der Waals surface area contributed by atoms with Crippen LogP contribution in [0, 0.1) is 17.0 Å². The van der Waals surface area contributed by atoms with Crippen molar-refractivity contribution in [2.45, 2.75) is 12.8 Å². The third-order valence-corrected chi connectivity index (χ3v) is 3.44. The van der Waals surface area contributed by atoms with Crippen molar-refractivity contribution >= 4 is 11.6 Å². The standard InChI is InChI=1S/C15H14ClNO2/c1-11-6-8-12(9-7-11)14(10-17(18)19)13-4-2-3-5-15(13)16/h2-9,14H,10H2,1H3/t14-/m0/s1. The molecule has 3 nitrogen and oxygen atoms in total. The Balaban J connectivity index is 2.44. The number of hydrogen-bond donors (Lipinski definition) is 0. The zero-order valence-corrected chi connectivity index (χ0v) is 11.3. The minimum atomic E-state index is -0.315. The van der Waals surface area contributed by atoms with Crippen LogP contribution in [0.5, 0.6) is 0 Å². The molecule has 0 aliphatic carbocycles. The van der Waals surface area contributed by atoms with E-state index < -0.39 is 0 Å². The molecule has 2 aromatic rings. The molecule has 0 spiro atoms. The van der Waals surface area contributed by atoms with Gasteiger partial charge in [-0.25, -0.2) is 0 Å². The van der Waals surface area contributed by atoms with Crippen LogP contribution in [0.3, 0.4) is 0 Å². The van der Waals surface area contributed by atoms with E-state index in [1.807, 2.05) is 49.4 Å². The van der Waals surface area contributed by atoms with Crippen LogP contribution < -0.4 is 0 Å². The molecule has 2 aromatic carbocycles. The highest BCUT2D eigenvalue weighted by atomic mass is 35.5. The molecule has 0 heterocycles. The molecule has 98 valence electrons. The zero-order chi connectivity index (χ0) is 13.8. The van der Waals surface area contributed by atoms with E-state index in [2.05, 4.69) is 0 Å². The van der Waals surface area contributed by atoms with Crippen LogP contribution in [0.4, 0.5) is 0 Å². The molecule has 0 unspecified atom stereocenters. The normalized spacial score (nSPS) is 12.1. The first-order valence-corrected chi connectivity index (χ1v) is 6.38. The quantitative estimate of drug-likeness (QED) is 0.624. The van der Waals surface area contributed by atoms with Gasteiger partial charge >= 0.3 is 0 Å². The van der Waals surface area contributed by atoms with Gasteiger partial charge < -0.3 is 0 Å². The van der Waals surface area contributed by atoms with Crippen LogP contribution in [0.1, 0.15) is 22.6 Å². The van der Waals surface area contributed by atoms with Crippen LogP contribution in [-0.4, -0.2) is 11.5 Å². The van der Waals surface area contributed by atoms with Gasteiger partial charge in [-0.05, 0) is 24.1 Å². The molecule has 0 aromatic heterocycles. The maximum absolute atomic E-state index is 10.9. The Labute approximate surface area is 117 Å². The molecule has 0 saturated carbocycles. The third-order valence-electron chi connectivity index (χ3n) is 3.09. The van der Waals surface area contributed by atoms with Gasteiger partial charge in [-0.1, -0.05) is 59.6 Å². The second kappa shape index (κ2) is 5.85. The van der Waals surface area contributed by atoms with E-state index in [1.54, 1.807) is 6.07 Å². The fraction of sp³-hybridized carbons (Fsp3) is 0.200. The SMILES string of the molecule is Cc1ccc([C@H](C[N+](=O)[O-])c2ccccc2Cl)cc1. The average Bonchev–Trinajstić information content (AvgIpc) is 2.38. The summed E-state index contributed by atoms with van der Waals surface area (Å²) in [4.78, 5) is 10.6. The molecule has 0 bridgehead atoms. The number of halogens is 1. The summed E-state index contributed by atoms with van der Waals surface area (Å²) in [6.07, 6.45) is 0. The lowest BCUT2D eigenvalue weighted by Gasteiger charge is -2.15. The Bertz CT molecular complexity index is 581. The topological polar surface area (TPSA) is 43.1 Å². The Morgan fingerprint density at radius 1 is 1.16 bits per heavy atom. The van der Waals surface area contributed by atoms with Crippen molar-refractivity contribution in [2.75, 3.05) is 6.54 Å². The molecule has 0 aliphatic heterocycles. The van der Waals surface area contributed by atoms with Gasteiger partial charge in [-0.15, -0.1) is 0 Å². The largest absolute Gasteiger partial charge is 0.265 e. The van der Waals surface area contributed by atoms with Crippen LogP contribution in [-0.2, 0) is 0 Å². The molecule has 19 heavy (non-hydrogen) atoms. The monoisotopic (exact) mass is 275 g/mol. The molecule has 2 rings (SSSR count). The fourth-order valence-corrected chi connectivity index (χ4v) is 2.36. The van der Waals surface area contributed by atoms with Gasteiger partial charge in [-0.2, -0.15) is 0 Å². The van der Waals surface area contributed by atoms with Crippen molar-refractivity contribution in [1.29, 1.82) is 0 Å². The summed E-state index contributed by atoms with van der Waals surface area (Å²) in [5.41, 5.74) is 2.84. The summed E-state index contributed by atoms with van der Waals surface area (Å²) < 4.78 is 0. The van der Waals surface area contributed by atoms with Crippen LogP contribution in [0.25, 0.3) is 0 Å². The highest BCUT2D eigenvalue weighted by molar-refractivity contribution is 6.31. The lowest BCUT2D eigenvalue weighted by atomic mass is 9.91. The Kier molecular flexibility index (Phi) is 4.17. The molecule has 1 atom stereocenters. The lowest BCUT2D eigenvalue weighted by molar-refractivity contribution is -0.481. The van der Waals surface area contributed by atoms with Crippen molar-refractivity contribution in [2.24, 2.45) is 0 Å². The predicted octanol–water partition coefficient (Wildman–Crippen LogP) is 4.06. The van der Waals surface area contributed by atoms with E-state index >= 15 is 0 Å². The van der Waals surface area contributed by atoms with E-state index in [1.165, 1.54) is 0 Å². The first-order chi connectivity index (χ1) is 9.08. The second-order valence-corrected chi connectivity index (χ2v) is 4.91. The molecular formula is C15H14ClNO2. The average molecular weight is 276 g/mol.